The Balaban J connectivity index is 1.32. The van der Waals surface area contributed by atoms with Gasteiger partial charge in [0.2, 0.25) is 18.6 Å². The van der Waals surface area contributed by atoms with E-state index in [1.165, 1.54) is 11.8 Å². The predicted molar refractivity (Wildman–Crippen MR) is 101 cm³/mol. The van der Waals surface area contributed by atoms with Gasteiger partial charge in [-0.15, -0.1) is 11.8 Å². The van der Waals surface area contributed by atoms with Crippen molar-refractivity contribution in [2.45, 2.75) is 18.1 Å². The maximum atomic E-state index is 12.4. The van der Waals surface area contributed by atoms with E-state index in [0.717, 1.165) is 17.7 Å². The van der Waals surface area contributed by atoms with Crippen molar-refractivity contribution in [3.63, 3.8) is 0 Å². The number of carbonyl (C=O) groups is 2. The Morgan fingerprint density at radius 3 is 2.96 bits per heavy atom. The lowest BCUT2D eigenvalue weighted by molar-refractivity contribution is -0.115. The molecule has 0 fully saturated rings. The van der Waals surface area contributed by atoms with Gasteiger partial charge in [-0.05, 0) is 36.6 Å². The van der Waals surface area contributed by atoms with Crippen LogP contribution in [0.5, 0.6) is 11.5 Å². The summed E-state index contributed by atoms with van der Waals surface area (Å²) in [5, 5.41) is 5.54. The molecule has 2 amide bonds. The Hall–Kier alpha value is -2.67. The van der Waals surface area contributed by atoms with Crippen LogP contribution in [0.4, 0.5) is 11.4 Å². The molecule has 0 aliphatic carbocycles. The average Bonchev–Trinajstić information content (AvgIpc) is 3.04. The molecule has 2 aliphatic heterocycles. The highest BCUT2D eigenvalue weighted by Crippen LogP contribution is 2.34. The molecule has 6 nitrogen and oxygen atoms in total. The Bertz CT molecular complexity index is 855. The number of nitrogens with one attached hydrogen (secondary N) is 2. The summed E-state index contributed by atoms with van der Waals surface area (Å²) in [5.41, 5.74) is 2.65. The molecule has 0 unspecified atom stereocenters. The van der Waals surface area contributed by atoms with Gasteiger partial charge in [-0.3, -0.25) is 9.59 Å². The quantitative estimate of drug-likeness (QED) is 0.865. The van der Waals surface area contributed by atoms with Crippen LogP contribution in [0.25, 0.3) is 0 Å². The Morgan fingerprint density at radius 1 is 1.19 bits per heavy atom. The number of para-hydroxylation sites is 1. The highest BCUT2D eigenvalue weighted by Gasteiger charge is 2.24. The number of ether oxygens (including phenoxy) is 2. The molecule has 2 aromatic rings. The van der Waals surface area contributed by atoms with Crippen molar-refractivity contribution in [2.24, 2.45) is 0 Å². The monoisotopic (exact) mass is 370 g/mol. The lowest BCUT2D eigenvalue weighted by Crippen LogP contribution is -2.26. The van der Waals surface area contributed by atoms with Crippen molar-refractivity contribution in [3.05, 3.63) is 48.0 Å². The van der Waals surface area contributed by atoms with E-state index < -0.39 is 0 Å². The normalized spacial score (nSPS) is 17.8. The number of amides is 2. The zero-order valence-corrected chi connectivity index (χ0v) is 14.8. The fraction of sp³-hybridized carbons (Fsp3) is 0.263. The highest BCUT2D eigenvalue weighted by atomic mass is 32.2. The fourth-order valence-corrected chi connectivity index (χ4v) is 3.92. The van der Waals surface area contributed by atoms with E-state index in [9.17, 15) is 9.59 Å². The van der Waals surface area contributed by atoms with Crippen LogP contribution in [0.3, 0.4) is 0 Å². The molecule has 0 spiro atoms. The fourth-order valence-electron chi connectivity index (χ4n) is 3.00. The second-order valence-corrected chi connectivity index (χ2v) is 7.29. The zero-order valence-electron chi connectivity index (χ0n) is 14.0. The Labute approximate surface area is 155 Å². The summed E-state index contributed by atoms with van der Waals surface area (Å²) in [6, 6.07) is 13.1. The van der Waals surface area contributed by atoms with Crippen LogP contribution in [0.15, 0.2) is 42.5 Å². The van der Waals surface area contributed by atoms with Gasteiger partial charge >= 0.3 is 0 Å². The lowest BCUT2D eigenvalue weighted by Gasteiger charge is -2.13. The van der Waals surface area contributed by atoms with Gasteiger partial charge < -0.3 is 20.1 Å². The molecule has 1 atom stereocenters. The van der Waals surface area contributed by atoms with Gasteiger partial charge in [0, 0.05) is 17.4 Å². The first-order valence-electron chi connectivity index (χ1n) is 8.39. The molecule has 2 heterocycles. The summed E-state index contributed by atoms with van der Waals surface area (Å²) in [7, 11) is 0. The molecule has 134 valence electrons. The average molecular weight is 370 g/mol. The van der Waals surface area contributed by atoms with Crippen LogP contribution in [0.1, 0.15) is 12.0 Å². The maximum Gasteiger partial charge on any atom is 0.237 e. The summed E-state index contributed by atoms with van der Waals surface area (Å²) in [4.78, 5) is 24.6. The van der Waals surface area contributed by atoms with Crippen molar-refractivity contribution in [1.29, 1.82) is 0 Å². The molecule has 4 rings (SSSR count). The van der Waals surface area contributed by atoms with Crippen LogP contribution >= 0.6 is 11.8 Å². The number of anilines is 2. The third kappa shape index (κ3) is 3.62. The van der Waals surface area contributed by atoms with E-state index in [1.54, 1.807) is 18.2 Å². The predicted octanol–water partition coefficient (Wildman–Crippen LogP) is 3.04. The molecule has 0 aromatic heterocycles. The minimum absolute atomic E-state index is 0.0455. The molecule has 2 N–H and O–H groups in total. The van der Waals surface area contributed by atoms with E-state index in [-0.39, 0.29) is 29.6 Å². The summed E-state index contributed by atoms with van der Waals surface area (Å²) in [6.07, 6.45) is 1.53. The van der Waals surface area contributed by atoms with Crippen LogP contribution in [-0.4, -0.2) is 29.6 Å². The number of aryl methyl sites for hydroxylation is 1. The molecule has 7 heteroatoms. The first-order valence-corrected chi connectivity index (χ1v) is 9.44. The molecule has 0 saturated carbocycles. The van der Waals surface area contributed by atoms with Crippen LogP contribution in [0, 0.1) is 0 Å². The smallest absolute Gasteiger partial charge is 0.237 e. The van der Waals surface area contributed by atoms with E-state index >= 15 is 0 Å². The van der Waals surface area contributed by atoms with Crippen molar-refractivity contribution in [3.8, 4) is 11.5 Å². The first kappa shape index (κ1) is 16.8. The lowest BCUT2D eigenvalue weighted by atomic mass is 10.1. The molecule has 0 bridgehead atoms. The zero-order chi connectivity index (χ0) is 17.9. The second-order valence-electron chi connectivity index (χ2n) is 6.10. The summed E-state index contributed by atoms with van der Waals surface area (Å²) < 4.78 is 10.6. The van der Waals surface area contributed by atoms with Crippen molar-refractivity contribution in [1.82, 2.24) is 0 Å². The van der Waals surface area contributed by atoms with Crippen LogP contribution in [0.2, 0.25) is 0 Å². The van der Waals surface area contributed by atoms with Gasteiger partial charge in [-0.1, -0.05) is 18.2 Å². The Morgan fingerprint density at radius 2 is 2.04 bits per heavy atom. The molecular weight excluding hydrogens is 352 g/mol. The molecular formula is C19H18N2O4S. The van der Waals surface area contributed by atoms with E-state index in [1.807, 2.05) is 24.3 Å². The van der Waals surface area contributed by atoms with Gasteiger partial charge in [0.1, 0.15) is 0 Å². The van der Waals surface area contributed by atoms with E-state index in [4.69, 9.17) is 9.47 Å². The van der Waals surface area contributed by atoms with Gasteiger partial charge in [0.15, 0.2) is 11.5 Å². The third-order valence-corrected chi connectivity index (χ3v) is 5.60. The number of hydrogen-bond donors (Lipinski definition) is 2. The maximum absolute atomic E-state index is 12.4. The van der Waals surface area contributed by atoms with Crippen molar-refractivity contribution < 1.29 is 19.1 Å². The van der Waals surface area contributed by atoms with Crippen molar-refractivity contribution >= 4 is 35.0 Å². The molecule has 2 aromatic carbocycles. The molecule has 2 aliphatic rings. The van der Waals surface area contributed by atoms with Gasteiger partial charge in [-0.25, -0.2) is 0 Å². The van der Waals surface area contributed by atoms with Gasteiger partial charge in [-0.2, -0.15) is 0 Å². The topological polar surface area (TPSA) is 76.7 Å². The molecule has 0 saturated heterocycles. The highest BCUT2D eigenvalue weighted by molar-refractivity contribution is 8.01. The third-order valence-electron chi connectivity index (χ3n) is 4.32. The van der Waals surface area contributed by atoms with Crippen LogP contribution < -0.4 is 20.1 Å². The van der Waals surface area contributed by atoms with E-state index in [0.29, 0.717) is 23.6 Å². The number of rotatable bonds is 4. The Kier molecular flexibility index (Phi) is 4.71. The second kappa shape index (κ2) is 7.29. The van der Waals surface area contributed by atoms with Gasteiger partial charge in [0.25, 0.3) is 0 Å². The SMILES string of the molecule is O=C(CS[C@H]1CCc2ccccc2NC1=O)Nc1ccc2c(c1)OCO2. The van der Waals surface area contributed by atoms with E-state index in [2.05, 4.69) is 10.6 Å². The number of hydrogen-bond acceptors (Lipinski definition) is 5. The summed E-state index contributed by atoms with van der Waals surface area (Å²) in [5.74, 6) is 1.31. The number of carbonyl (C=O) groups excluding carboxylic acids is 2. The largest absolute Gasteiger partial charge is 0.454 e. The minimum atomic E-state index is -0.245. The first-order chi connectivity index (χ1) is 12.7. The molecule has 0 radical (unpaired) electrons. The molecule has 26 heavy (non-hydrogen) atoms. The standard InChI is InChI=1S/C19H18N2O4S/c22-18(20-13-6-7-15-16(9-13)25-11-24-15)10-26-17-8-5-12-3-1-2-4-14(12)21-19(17)23/h1-4,6-7,9,17H,5,8,10-11H2,(H,20,22)(H,21,23)/t17-/m0/s1. The van der Waals surface area contributed by atoms with Crippen molar-refractivity contribution in [2.75, 3.05) is 23.2 Å². The van der Waals surface area contributed by atoms with Gasteiger partial charge in [0.05, 0.1) is 11.0 Å². The minimum Gasteiger partial charge on any atom is -0.454 e. The number of benzene rings is 2. The number of thioether (sulfide) groups is 1. The summed E-state index contributed by atoms with van der Waals surface area (Å²) in [6.45, 7) is 0.196. The summed E-state index contributed by atoms with van der Waals surface area (Å²) >= 11 is 1.36. The number of fused-ring (bicyclic) bond motifs is 2. The van der Waals surface area contributed by atoms with Crippen LogP contribution in [-0.2, 0) is 16.0 Å².